The van der Waals surface area contributed by atoms with Crippen molar-refractivity contribution in [1.82, 2.24) is 4.90 Å². The summed E-state index contributed by atoms with van der Waals surface area (Å²) in [6, 6.07) is -0.615. The minimum Gasteiger partial charge on any atom is -0.480 e. The molecular formula is C15H27NO4. The van der Waals surface area contributed by atoms with Crippen LogP contribution in [0.1, 0.15) is 46.0 Å². The van der Waals surface area contributed by atoms with Crippen LogP contribution < -0.4 is 0 Å². The average molecular weight is 285 g/mol. The maximum absolute atomic E-state index is 11.4. The Morgan fingerprint density at radius 2 is 1.90 bits per heavy atom. The molecule has 1 saturated heterocycles. The fraction of sp³-hybridized carbons (Fsp3) is 0.933. The Morgan fingerprint density at radius 3 is 2.55 bits per heavy atom. The number of likely N-dealkylation sites (tertiary alicyclic amines) is 1. The smallest absolute Gasteiger partial charge is 0.320 e. The molecule has 5 heteroatoms. The van der Waals surface area contributed by atoms with Crippen molar-refractivity contribution in [2.45, 2.75) is 64.3 Å². The van der Waals surface area contributed by atoms with Crippen LogP contribution in [0.25, 0.3) is 0 Å². The first-order valence-electron chi connectivity index (χ1n) is 7.78. The zero-order chi connectivity index (χ0) is 14.9. The van der Waals surface area contributed by atoms with Crippen LogP contribution in [0.2, 0.25) is 0 Å². The molecule has 0 radical (unpaired) electrons. The summed E-state index contributed by atoms with van der Waals surface area (Å²) in [4.78, 5) is 13.1. The molecule has 20 heavy (non-hydrogen) atoms. The number of hydrogen-bond donors (Lipinski definition) is 3. The van der Waals surface area contributed by atoms with Gasteiger partial charge in [-0.15, -0.1) is 0 Å². The maximum Gasteiger partial charge on any atom is 0.320 e. The van der Waals surface area contributed by atoms with E-state index in [-0.39, 0.29) is 11.8 Å². The van der Waals surface area contributed by atoms with E-state index >= 15 is 0 Å². The lowest BCUT2D eigenvalue weighted by atomic mass is 9.71. The molecule has 0 bridgehead atoms. The molecule has 2 aliphatic rings. The fourth-order valence-corrected chi connectivity index (χ4v) is 3.85. The van der Waals surface area contributed by atoms with Crippen molar-refractivity contribution >= 4 is 5.97 Å². The fourth-order valence-electron chi connectivity index (χ4n) is 3.85. The topological polar surface area (TPSA) is 81.0 Å². The Labute approximate surface area is 120 Å². The first-order valence-corrected chi connectivity index (χ1v) is 7.78. The molecule has 1 aliphatic heterocycles. The standard InChI is InChI=1S/C15H27NO4/c1-9-6-7-12(17)13(10(9)2)14(18)16-8-4-3-5-11(16)15(19)20/h9-14,17-18H,3-8H2,1-2H3,(H,19,20). The Morgan fingerprint density at radius 1 is 1.20 bits per heavy atom. The number of hydrogen-bond acceptors (Lipinski definition) is 4. The molecule has 0 aromatic heterocycles. The van der Waals surface area contributed by atoms with E-state index in [1.165, 1.54) is 0 Å². The maximum atomic E-state index is 11.4. The van der Waals surface area contributed by atoms with Crippen LogP contribution >= 0.6 is 0 Å². The highest BCUT2D eigenvalue weighted by Gasteiger charge is 2.43. The number of carboxylic acid groups (broad SMARTS) is 1. The van der Waals surface area contributed by atoms with Crippen molar-refractivity contribution < 1.29 is 20.1 Å². The molecule has 6 unspecified atom stereocenters. The second kappa shape index (κ2) is 6.41. The summed E-state index contributed by atoms with van der Waals surface area (Å²) < 4.78 is 0. The van der Waals surface area contributed by atoms with E-state index in [1.54, 1.807) is 4.90 Å². The van der Waals surface area contributed by atoms with Gasteiger partial charge in [0.2, 0.25) is 0 Å². The first kappa shape index (κ1) is 15.7. The van der Waals surface area contributed by atoms with Gasteiger partial charge in [-0.3, -0.25) is 9.69 Å². The molecule has 0 amide bonds. The molecule has 1 aliphatic carbocycles. The molecular weight excluding hydrogens is 258 g/mol. The van der Waals surface area contributed by atoms with Crippen molar-refractivity contribution in [3.63, 3.8) is 0 Å². The molecule has 0 aromatic rings. The number of aliphatic hydroxyl groups excluding tert-OH is 2. The molecule has 0 spiro atoms. The highest BCUT2D eigenvalue weighted by molar-refractivity contribution is 5.73. The third-order valence-electron chi connectivity index (χ3n) is 5.38. The van der Waals surface area contributed by atoms with Crippen molar-refractivity contribution in [3.8, 4) is 0 Å². The van der Waals surface area contributed by atoms with E-state index in [9.17, 15) is 20.1 Å². The van der Waals surface area contributed by atoms with Crippen molar-refractivity contribution in [2.75, 3.05) is 6.54 Å². The Balaban J connectivity index is 2.14. The molecule has 116 valence electrons. The highest BCUT2D eigenvalue weighted by Crippen LogP contribution is 2.38. The molecule has 0 aromatic carbocycles. The lowest BCUT2D eigenvalue weighted by molar-refractivity contribution is -0.166. The van der Waals surface area contributed by atoms with Crippen LogP contribution in [-0.4, -0.2) is 51.1 Å². The predicted octanol–water partition coefficient (Wildman–Crippen LogP) is 1.29. The molecule has 2 rings (SSSR count). The Hall–Kier alpha value is -0.650. The van der Waals surface area contributed by atoms with Gasteiger partial charge in [0.15, 0.2) is 0 Å². The number of piperidine rings is 1. The summed E-state index contributed by atoms with van der Waals surface area (Å²) in [6.07, 6.45) is 2.65. The van der Waals surface area contributed by atoms with Crippen LogP contribution in [-0.2, 0) is 4.79 Å². The lowest BCUT2D eigenvalue weighted by Crippen LogP contribution is -2.57. The van der Waals surface area contributed by atoms with Gasteiger partial charge in [0, 0.05) is 12.5 Å². The van der Waals surface area contributed by atoms with Crippen molar-refractivity contribution in [2.24, 2.45) is 17.8 Å². The van der Waals surface area contributed by atoms with Gasteiger partial charge >= 0.3 is 5.97 Å². The summed E-state index contributed by atoms with van der Waals surface area (Å²) in [7, 11) is 0. The van der Waals surface area contributed by atoms with Crippen LogP contribution in [0.4, 0.5) is 0 Å². The van der Waals surface area contributed by atoms with Crippen molar-refractivity contribution in [3.05, 3.63) is 0 Å². The van der Waals surface area contributed by atoms with E-state index in [1.807, 2.05) is 0 Å². The van der Waals surface area contributed by atoms with Gasteiger partial charge in [-0.1, -0.05) is 20.3 Å². The van der Waals surface area contributed by atoms with Crippen LogP contribution in [0.3, 0.4) is 0 Å². The number of carboxylic acids is 1. The number of rotatable bonds is 3. The van der Waals surface area contributed by atoms with Gasteiger partial charge in [-0.05, 0) is 37.5 Å². The number of aliphatic hydroxyl groups is 2. The second-order valence-electron chi connectivity index (χ2n) is 6.56. The van der Waals surface area contributed by atoms with Crippen LogP contribution in [0.15, 0.2) is 0 Å². The number of aliphatic carboxylic acids is 1. The molecule has 1 saturated carbocycles. The molecule has 3 N–H and O–H groups in total. The van der Waals surface area contributed by atoms with Gasteiger partial charge in [-0.25, -0.2) is 0 Å². The normalized spacial score (nSPS) is 41.3. The third-order valence-corrected chi connectivity index (χ3v) is 5.38. The second-order valence-corrected chi connectivity index (χ2v) is 6.56. The van der Waals surface area contributed by atoms with E-state index in [0.717, 1.165) is 19.3 Å². The minimum atomic E-state index is -0.866. The molecule has 2 fully saturated rings. The van der Waals surface area contributed by atoms with Gasteiger partial charge in [0.25, 0.3) is 0 Å². The summed E-state index contributed by atoms with van der Waals surface area (Å²) in [5.74, 6) is -0.468. The van der Waals surface area contributed by atoms with Crippen LogP contribution in [0.5, 0.6) is 0 Å². The Kier molecular flexibility index (Phi) is 5.04. The SMILES string of the molecule is CC1CCC(O)C(C(O)N2CCCCC2C(=O)O)C1C. The quantitative estimate of drug-likeness (QED) is 0.728. The van der Waals surface area contributed by atoms with E-state index < -0.39 is 24.3 Å². The van der Waals surface area contributed by atoms with Crippen LogP contribution in [0, 0.1) is 17.8 Å². The van der Waals surface area contributed by atoms with Crippen molar-refractivity contribution in [1.29, 1.82) is 0 Å². The third kappa shape index (κ3) is 3.00. The first-order chi connectivity index (χ1) is 9.43. The number of nitrogens with zero attached hydrogens (tertiary/aromatic N) is 1. The van der Waals surface area contributed by atoms with E-state index in [2.05, 4.69) is 13.8 Å². The largest absolute Gasteiger partial charge is 0.480 e. The minimum absolute atomic E-state index is 0.199. The zero-order valence-electron chi connectivity index (χ0n) is 12.4. The zero-order valence-corrected chi connectivity index (χ0v) is 12.4. The van der Waals surface area contributed by atoms with Gasteiger partial charge < -0.3 is 15.3 Å². The summed E-state index contributed by atoms with van der Waals surface area (Å²) >= 11 is 0. The molecule has 1 heterocycles. The highest BCUT2D eigenvalue weighted by atomic mass is 16.4. The summed E-state index contributed by atoms with van der Waals surface area (Å²) in [5.41, 5.74) is 0. The number of carbonyl (C=O) groups is 1. The molecule has 5 nitrogen and oxygen atoms in total. The lowest BCUT2D eigenvalue weighted by Gasteiger charge is -2.46. The average Bonchev–Trinajstić information content (AvgIpc) is 2.43. The predicted molar refractivity (Wildman–Crippen MR) is 75.0 cm³/mol. The van der Waals surface area contributed by atoms with Gasteiger partial charge in [-0.2, -0.15) is 0 Å². The monoisotopic (exact) mass is 285 g/mol. The molecule has 6 atom stereocenters. The van der Waals surface area contributed by atoms with Gasteiger partial charge in [0.05, 0.1) is 6.10 Å². The summed E-state index contributed by atoms with van der Waals surface area (Å²) in [5, 5.41) is 30.3. The summed E-state index contributed by atoms with van der Waals surface area (Å²) in [6.45, 7) is 4.80. The van der Waals surface area contributed by atoms with E-state index in [0.29, 0.717) is 25.3 Å². The van der Waals surface area contributed by atoms with Gasteiger partial charge in [0.1, 0.15) is 12.3 Å². The van der Waals surface area contributed by atoms with E-state index in [4.69, 9.17) is 0 Å². The Bertz CT molecular complexity index is 349.